The predicted molar refractivity (Wildman–Crippen MR) is 126 cm³/mol. The summed E-state index contributed by atoms with van der Waals surface area (Å²) in [5, 5.41) is 4.52. The molecule has 0 bridgehead atoms. The van der Waals surface area contributed by atoms with Crippen LogP contribution in [0, 0.1) is 0 Å². The lowest BCUT2D eigenvalue weighted by Gasteiger charge is -2.18. The molecule has 7 heteroatoms. The van der Waals surface area contributed by atoms with Crippen molar-refractivity contribution < 1.29 is 14.3 Å². The first-order chi connectivity index (χ1) is 15.0. The lowest BCUT2D eigenvalue weighted by atomic mass is 10.2. The SMILES string of the molecule is CCOc1cc(/C=N\NC(=O)c2ccc(N3CCCC3)cc2)cc(Cl)c1O[C@H](C)CC. The molecule has 31 heavy (non-hydrogen) atoms. The summed E-state index contributed by atoms with van der Waals surface area (Å²) < 4.78 is 11.6. The van der Waals surface area contributed by atoms with Crippen molar-refractivity contribution in [3.8, 4) is 11.5 Å². The van der Waals surface area contributed by atoms with Crippen LogP contribution in [0.3, 0.4) is 0 Å². The van der Waals surface area contributed by atoms with E-state index in [9.17, 15) is 4.79 Å². The van der Waals surface area contributed by atoms with Gasteiger partial charge < -0.3 is 14.4 Å². The first-order valence-corrected chi connectivity index (χ1v) is 11.2. The number of nitrogens with zero attached hydrogens (tertiary/aromatic N) is 2. The quantitative estimate of drug-likeness (QED) is 0.423. The van der Waals surface area contributed by atoms with Gasteiger partial charge in [0.25, 0.3) is 5.91 Å². The largest absolute Gasteiger partial charge is 0.490 e. The fourth-order valence-corrected chi connectivity index (χ4v) is 3.62. The van der Waals surface area contributed by atoms with E-state index < -0.39 is 0 Å². The van der Waals surface area contributed by atoms with Gasteiger partial charge in [0.2, 0.25) is 0 Å². The Bertz CT molecular complexity index is 909. The van der Waals surface area contributed by atoms with Crippen LogP contribution in [0.5, 0.6) is 11.5 Å². The number of carbonyl (C=O) groups is 1. The van der Waals surface area contributed by atoms with E-state index in [2.05, 4.69) is 15.4 Å². The molecule has 1 saturated heterocycles. The molecule has 1 atom stereocenters. The standard InChI is InChI=1S/C24H30ClN3O3/c1-4-17(3)31-23-21(25)14-18(15-22(23)30-5-2)16-26-27-24(29)19-8-10-20(11-9-19)28-12-6-7-13-28/h8-11,14-17H,4-7,12-13H2,1-3H3,(H,27,29)/b26-16-/t17-/m1/s1. The molecule has 0 radical (unpaired) electrons. The fraction of sp³-hybridized carbons (Fsp3) is 0.417. The predicted octanol–water partition coefficient (Wildman–Crippen LogP) is 5.28. The van der Waals surface area contributed by atoms with Crippen molar-refractivity contribution in [3.63, 3.8) is 0 Å². The molecular formula is C24H30ClN3O3. The van der Waals surface area contributed by atoms with Gasteiger partial charge >= 0.3 is 0 Å². The second-order valence-electron chi connectivity index (χ2n) is 7.54. The van der Waals surface area contributed by atoms with E-state index in [1.807, 2.05) is 45.0 Å². The summed E-state index contributed by atoms with van der Waals surface area (Å²) in [6.07, 6.45) is 4.86. The summed E-state index contributed by atoms with van der Waals surface area (Å²) in [4.78, 5) is 14.7. The maximum atomic E-state index is 12.4. The van der Waals surface area contributed by atoms with Crippen molar-refractivity contribution >= 4 is 29.4 Å². The van der Waals surface area contributed by atoms with Crippen LogP contribution in [0.1, 0.15) is 56.0 Å². The van der Waals surface area contributed by atoms with Crippen LogP contribution in [0.4, 0.5) is 5.69 Å². The van der Waals surface area contributed by atoms with Crippen molar-refractivity contribution in [2.75, 3.05) is 24.6 Å². The Morgan fingerprint density at radius 1 is 1.23 bits per heavy atom. The lowest BCUT2D eigenvalue weighted by Crippen LogP contribution is -2.19. The molecule has 1 aliphatic heterocycles. The highest BCUT2D eigenvalue weighted by Crippen LogP contribution is 2.37. The number of rotatable bonds is 9. The average Bonchev–Trinajstić information content (AvgIpc) is 3.31. The number of hydrazone groups is 1. The van der Waals surface area contributed by atoms with E-state index in [4.69, 9.17) is 21.1 Å². The molecule has 0 aromatic heterocycles. The minimum atomic E-state index is -0.267. The van der Waals surface area contributed by atoms with Gasteiger partial charge in [0.1, 0.15) is 0 Å². The Labute approximate surface area is 189 Å². The van der Waals surface area contributed by atoms with E-state index in [1.165, 1.54) is 19.1 Å². The number of hydrogen-bond acceptors (Lipinski definition) is 5. The zero-order valence-electron chi connectivity index (χ0n) is 18.4. The molecule has 0 spiro atoms. The van der Waals surface area contributed by atoms with E-state index in [0.29, 0.717) is 34.3 Å². The molecule has 0 unspecified atom stereocenters. The van der Waals surface area contributed by atoms with Gasteiger partial charge in [-0.25, -0.2) is 5.43 Å². The minimum absolute atomic E-state index is 0.0207. The van der Waals surface area contributed by atoms with Gasteiger partial charge in [-0.3, -0.25) is 4.79 Å². The summed E-state index contributed by atoms with van der Waals surface area (Å²) in [6.45, 7) is 8.55. The van der Waals surface area contributed by atoms with Gasteiger partial charge in [-0.15, -0.1) is 0 Å². The molecule has 2 aromatic carbocycles. The van der Waals surface area contributed by atoms with Crippen LogP contribution in [0.15, 0.2) is 41.5 Å². The van der Waals surface area contributed by atoms with Gasteiger partial charge in [0, 0.05) is 24.3 Å². The molecule has 1 fully saturated rings. The Hall–Kier alpha value is -2.73. The van der Waals surface area contributed by atoms with Crippen molar-refractivity contribution in [3.05, 3.63) is 52.5 Å². The number of hydrogen-bond donors (Lipinski definition) is 1. The highest BCUT2D eigenvalue weighted by molar-refractivity contribution is 6.32. The Morgan fingerprint density at radius 3 is 2.58 bits per heavy atom. The van der Waals surface area contributed by atoms with Crippen molar-refractivity contribution in [2.24, 2.45) is 5.10 Å². The molecule has 166 valence electrons. The number of benzene rings is 2. The van der Waals surface area contributed by atoms with Gasteiger partial charge in [0.15, 0.2) is 11.5 Å². The summed E-state index contributed by atoms with van der Waals surface area (Å²) in [5.41, 5.74) is 4.98. The topological polar surface area (TPSA) is 63.2 Å². The number of ether oxygens (including phenoxy) is 2. The summed E-state index contributed by atoms with van der Waals surface area (Å²) in [6, 6.07) is 11.1. The Balaban J connectivity index is 1.66. The fourth-order valence-electron chi connectivity index (χ4n) is 3.35. The molecule has 2 aromatic rings. The van der Waals surface area contributed by atoms with Crippen LogP contribution in [-0.2, 0) is 0 Å². The lowest BCUT2D eigenvalue weighted by molar-refractivity contribution is 0.0955. The highest BCUT2D eigenvalue weighted by Gasteiger charge is 2.15. The van der Waals surface area contributed by atoms with Crippen LogP contribution < -0.4 is 19.8 Å². The Kier molecular flexibility index (Phi) is 8.18. The van der Waals surface area contributed by atoms with Crippen LogP contribution >= 0.6 is 11.6 Å². The molecule has 0 aliphatic carbocycles. The monoisotopic (exact) mass is 443 g/mol. The molecular weight excluding hydrogens is 414 g/mol. The molecule has 3 rings (SSSR count). The number of halogens is 1. The van der Waals surface area contributed by atoms with Crippen LogP contribution in [-0.4, -0.2) is 37.9 Å². The summed E-state index contributed by atoms with van der Waals surface area (Å²) >= 11 is 6.42. The second-order valence-corrected chi connectivity index (χ2v) is 7.95. The maximum absolute atomic E-state index is 12.4. The molecule has 1 N–H and O–H groups in total. The van der Waals surface area contributed by atoms with Crippen LogP contribution in [0.25, 0.3) is 0 Å². The third kappa shape index (κ3) is 6.14. The zero-order chi connectivity index (χ0) is 22.2. The molecule has 1 aliphatic rings. The van der Waals surface area contributed by atoms with Crippen molar-refractivity contribution in [1.82, 2.24) is 5.43 Å². The van der Waals surface area contributed by atoms with E-state index >= 15 is 0 Å². The highest BCUT2D eigenvalue weighted by atomic mass is 35.5. The zero-order valence-corrected chi connectivity index (χ0v) is 19.1. The van der Waals surface area contributed by atoms with Crippen molar-refractivity contribution in [2.45, 2.75) is 46.1 Å². The van der Waals surface area contributed by atoms with E-state index in [-0.39, 0.29) is 12.0 Å². The smallest absolute Gasteiger partial charge is 0.271 e. The third-order valence-corrected chi connectivity index (χ3v) is 5.49. The van der Waals surface area contributed by atoms with E-state index in [0.717, 1.165) is 25.2 Å². The van der Waals surface area contributed by atoms with Gasteiger partial charge in [-0.05, 0) is 75.1 Å². The third-order valence-electron chi connectivity index (χ3n) is 5.21. The average molecular weight is 444 g/mol. The minimum Gasteiger partial charge on any atom is -0.490 e. The maximum Gasteiger partial charge on any atom is 0.271 e. The van der Waals surface area contributed by atoms with Gasteiger partial charge in [-0.2, -0.15) is 5.10 Å². The van der Waals surface area contributed by atoms with Gasteiger partial charge in [0.05, 0.1) is 23.9 Å². The number of carbonyl (C=O) groups excluding carboxylic acids is 1. The van der Waals surface area contributed by atoms with Gasteiger partial charge in [-0.1, -0.05) is 18.5 Å². The summed E-state index contributed by atoms with van der Waals surface area (Å²) in [7, 11) is 0. The molecule has 6 nitrogen and oxygen atoms in total. The first kappa shape index (κ1) is 22.9. The molecule has 1 heterocycles. The Morgan fingerprint density at radius 2 is 1.94 bits per heavy atom. The second kappa shape index (κ2) is 11.0. The normalized spacial score (nSPS) is 14.6. The van der Waals surface area contributed by atoms with Crippen LogP contribution in [0.2, 0.25) is 5.02 Å². The van der Waals surface area contributed by atoms with Crippen molar-refractivity contribution in [1.29, 1.82) is 0 Å². The number of anilines is 1. The number of amides is 1. The molecule has 0 saturated carbocycles. The first-order valence-electron chi connectivity index (χ1n) is 10.8. The number of nitrogens with one attached hydrogen (secondary N) is 1. The summed E-state index contributed by atoms with van der Waals surface area (Å²) in [5.74, 6) is 0.815. The van der Waals surface area contributed by atoms with E-state index in [1.54, 1.807) is 12.1 Å². The molecule has 1 amide bonds.